The number of carbonyl (C=O) groups excluding carboxylic acids is 1. The summed E-state index contributed by atoms with van der Waals surface area (Å²) < 4.78 is 5.07. The number of aromatic hydroxyl groups is 1. The van der Waals surface area contributed by atoms with Crippen LogP contribution in [0.25, 0.3) is 0 Å². The average molecular weight is 218 g/mol. The molecule has 0 aliphatic heterocycles. The fraction of sp³-hybridized carbons (Fsp3) is 0.0909. The highest BCUT2D eigenvalue weighted by molar-refractivity contribution is 6.00. The van der Waals surface area contributed by atoms with E-state index in [2.05, 4.69) is 10.3 Å². The van der Waals surface area contributed by atoms with E-state index >= 15 is 0 Å². The van der Waals surface area contributed by atoms with Crippen molar-refractivity contribution in [3.05, 3.63) is 42.1 Å². The number of rotatable bonds is 2. The fourth-order valence-corrected chi connectivity index (χ4v) is 1.19. The van der Waals surface area contributed by atoms with Gasteiger partial charge in [0.2, 0.25) is 0 Å². The standard InChI is InChI=1S/C11H10N2O3/c1-7-6-12-11(16-7)10(15)13-8-2-4-9(14)5-3-8/h2-6,14H,1H3,(H,13,15). The van der Waals surface area contributed by atoms with Crippen molar-refractivity contribution in [1.29, 1.82) is 0 Å². The molecule has 2 rings (SSSR count). The molecule has 1 aromatic heterocycles. The molecule has 5 heteroatoms. The average Bonchev–Trinajstić information content (AvgIpc) is 2.68. The minimum Gasteiger partial charge on any atom is -0.508 e. The van der Waals surface area contributed by atoms with Crippen molar-refractivity contribution >= 4 is 11.6 Å². The molecule has 0 fully saturated rings. The molecule has 0 aliphatic rings. The van der Waals surface area contributed by atoms with Crippen LogP contribution in [0.3, 0.4) is 0 Å². The van der Waals surface area contributed by atoms with Crippen molar-refractivity contribution in [2.24, 2.45) is 0 Å². The summed E-state index contributed by atoms with van der Waals surface area (Å²) in [6, 6.07) is 6.14. The summed E-state index contributed by atoms with van der Waals surface area (Å²) in [6.07, 6.45) is 1.48. The van der Waals surface area contributed by atoms with Crippen LogP contribution < -0.4 is 5.32 Å². The van der Waals surface area contributed by atoms with Gasteiger partial charge < -0.3 is 14.8 Å². The second kappa shape index (κ2) is 4.06. The first kappa shape index (κ1) is 10.2. The van der Waals surface area contributed by atoms with E-state index in [4.69, 9.17) is 9.52 Å². The molecule has 2 aromatic rings. The number of nitrogens with zero attached hydrogens (tertiary/aromatic N) is 1. The summed E-state index contributed by atoms with van der Waals surface area (Å²) >= 11 is 0. The Balaban J connectivity index is 2.10. The maximum Gasteiger partial charge on any atom is 0.311 e. The molecule has 0 spiro atoms. The summed E-state index contributed by atoms with van der Waals surface area (Å²) in [5.41, 5.74) is 0.568. The summed E-state index contributed by atoms with van der Waals surface area (Å²) in [7, 11) is 0. The molecule has 1 aromatic carbocycles. The Labute approximate surface area is 91.7 Å². The monoisotopic (exact) mass is 218 g/mol. The number of phenolic OH excluding ortho intramolecular Hbond substituents is 1. The van der Waals surface area contributed by atoms with Crippen molar-refractivity contribution < 1.29 is 14.3 Å². The number of hydrogen-bond donors (Lipinski definition) is 2. The van der Waals surface area contributed by atoms with Crippen LogP contribution in [0.1, 0.15) is 16.4 Å². The predicted molar refractivity (Wildman–Crippen MR) is 57.3 cm³/mol. The van der Waals surface area contributed by atoms with E-state index in [-0.39, 0.29) is 11.6 Å². The highest BCUT2D eigenvalue weighted by Gasteiger charge is 2.11. The molecule has 0 saturated heterocycles. The third kappa shape index (κ3) is 2.20. The molecular formula is C11H10N2O3. The largest absolute Gasteiger partial charge is 0.508 e. The maximum absolute atomic E-state index is 11.6. The third-order valence-electron chi connectivity index (χ3n) is 1.94. The predicted octanol–water partition coefficient (Wildman–Crippen LogP) is 1.94. The lowest BCUT2D eigenvalue weighted by atomic mass is 10.3. The highest BCUT2D eigenvalue weighted by atomic mass is 16.4. The Morgan fingerprint density at radius 3 is 2.62 bits per heavy atom. The molecule has 0 unspecified atom stereocenters. The molecule has 0 bridgehead atoms. The van der Waals surface area contributed by atoms with Crippen LogP contribution in [0.15, 0.2) is 34.9 Å². The van der Waals surface area contributed by atoms with Gasteiger partial charge in [0.15, 0.2) is 0 Å². The van der Waals surface area contributed by atoms with Gasteiger partial charge in [0.1, 0.15) is 11.5 Å². The van der Waals surface area contributed by atoms with Crippen LogP contribution in [-0.4, -0.2) is 16.0 Å². The van der Waals surface area contributed by atoms with E-state index in [1.165, 1.54) is 18.3 Å². The van der Waals surface area contributed by atoms with Gasteiger partial charge in [-0.1, -0.05) is 0 Å². The van der Waals surface area contributed by atoms with Crippen molar-refractivity contribution in [1.82, 2.24) is 4.98 Å². The second-order valence-corrected chi connectivity index (χ2v) is 3.28. The zero-order valence-electron chi connectivity index (χ0n) is 8.60. The molecule has 0 atom stereocenters. The number of hydrogen-bond acceptors (Lipinski definition) is 4. The molecule has 0 radical (unpaired) electrons. The van der Waals surface area contributed by atoms with E-state index in [1.54, 1.807) is 19.1 Å². The molecular weight excluding hydrogens is 208 g/mol. The van der Waals surface area contributed by atoms with Crippen molar-refractivity contribution in [3.8, 4) is 5.75 Å². The normalized spacial score (nSPS) is 10.1. The summed E-state index contributed by atoms with van der Waals surface area (Å²) in [4.78, 5) is 15.4. The highest BCUT2D eigenvalue weighted by Crippen LogP contribution is 2.14. The Hall–Kier alpha value is -2.30. The van der Waals surface area contributed by atoms with E-state index in [9.17, 15) is 4.79 Å². The molecule has 0 saturated carbocycles. The first-order chi connectivity index (χ1) is 7.65. The Morgan fingerprint density at radius 1 is 1.38 bits per heavy atom. The lowest BCUT2D eigenvalue weighted by molar-refractivity contribution is 0.0989. The number of aromatic nitrogens is 1. The van der Waals surface area contributed by atoms with Gasteiger partial charge in [-0.15, -0.1) is 0 Å². The molecule has 5 nitrogen and oxygen atoms in total. The minimum absolute atomic E-state index is 0.0191. The number of oxazole rings is 1. The van der Waals surface area contributed by atoms with Gasteiger partial charge in [0, 0.05) is 5.69 Å². The maximum atomic E-state index is 11.6. The Bertz CT molecular complexity index is 502. The summed E-state index contributed by atoms with van der Waals surface area (Å²) in [5, 5.41) is 11.7. The number of anilines is 1. The van der Waals surface area contributed by atoms with E-state index < -0.39 is 5.91 Å². The van der Waals surface area contributed by atoms with Crippen LogP contribution in [0.5, 0.6) is 5.75 Å². The molecule has 2 N–H and O–H groups in total. The van der Waals surface area contributed by atoms with Crippen LogP contribution in [0.2, 0.25) is 0 Å². The molecule has 16 heavy (non-hydrogen) atoms. The van der Waals surface area contributed by atoms with Crippen LogP contribution in [0, 0.1) is 6.92 Å². The Kier molecular flexibility index (Phi) is 2.59. The van der Waals surface area contributed by atoms with Crippen molar-refractivity contribution in [3.63, 3.8) is 0 Å². The van der Waals surface area contributed by atoms with Crippen LogP contribution >= 0.6 is 0 Å². The van der Waals surface area contributed by atoms with Crippen molar-refractivity contribution in [2.45, 2.75) is 6.92 Å². The molecule has 1 heterocycles. The lowest BCUT2D eigenvalue weighted by Gasteiger charge is -2.01. The first-order valence-corrected chi connectivity index (χ1v) is 4.68. The molecule has 82 valence electrons. The number of benzene rings is 1. The topological polar surface area (TPSA) is 75.4 Å². The van der Waals surface area contributed by atoms with Gasteiger partial charge in [-0.05, 0) is 31.2 Å². The van der Waals surface area contributed by atoms with Gasteiger partial charge in [-0.25, -0.2) is 4.98 Å². The number of nitrogens with one attached hydrogen (secondary N) is 1. The zero-order chi connectivity index (χ0) is 11.5. The van der Waals surface area contributed by atoms with Gasteiger partial charge in [0.05, 0.1) is 6.20 Å². The van der Waals surface area contributed by atoms with E-state index in [0.29, 0.717) is 11.4 Å². The summed E-state index contributed by atoms with van der Waals surface area (Å²) in [6.45, 7) is 1.71. The molecule has 1 amide bonds. The SMILES string of the molecule is Cc1cnc(C(=O)Nc2ccc(O)cc2)o1. The van der Waals surface area contributed by atoms with E-state index in [1.807, 2.05) is 0 Å². The molecule has 0 aliphatic carbocycles. The zero-order valence-corrected chi connectivity index (χ0v) is 8.60. The number of carbonyl (C=O) groups is 1. The smallest absolute Gasteiger partial charge is 0.311 e. The van der Waals surface area contributed by atoms with Gasteiger partial charge >= 0.3 is 5.91 Å². The quantitative estimate of drug-likeness (QED) is 0.755. The van der Waals surface area contributed by atoms with E-state index in [0.717, 1.165) is 0 Å². The third-order valence-corrected chi connectivity index (χ3v) is 1.94. The number of amides is 1. The van der Waals surface area contributed by atoms with Crippen molar-refractivity contribution in [2.75, 3.05) is 5.32 Å². The number of phenols is 1. The Morgan fingerprint density at radius 2 is 2.06 bits per heavy atom. The van der Waals surface area contributed by atoms with Crippen LogP contribution in [0.4, 0.5) is 5.69 Å². The van der Waals surface area contributed by atoms with Gasteiger partial charge in [-0.3, -0.25) is 4.79 Å². The van der Waals surface area contributed by atoms with Gasteiger partial charge in [0.25, 0.3) is 5.89 Å². The first-order valence-electron chi connectivity index (χ1n) is 4.68. The minimum atomic E-state index is -0.418. The fourth-order valence-electron chi connectivity index (χ4n) is 1.19. The lowest BCUT2D eigenvalue weighted by Crippen LogP contribution is -2.11. The number of aryl methyl sites for hydroxylation is 1. The van der Waals surface area contributed by atoms with Crippen LogP contribution in [-0.2, 0) is 0 Å². The van der Waals surface area contributed by atoms with Gasteiger partial charge in [-0.2, -0.15) is 0 Å². The summed E-state index contributed by atoms with van der Waals surface area (Å²) in [5.74, 6) is 0.324. The second-order valence-electron chi connectivity index (χ2n) is 3.28.